The van der Waals surface area contributed by atoms with Crippen LogP contribution in [0.1, 0.15) is 11.1 Å². The number of thiocarbonyl (C=S) groups is 1. The summed E-state index contributed by atoms with van der Waals surface area (Å²) < 4.78 is 0.257. The molecule has 1 aliphatic heterocycles. The SMILES string of the molecule is O=C(O)C(Cc1ccccc1)N1C(=O)C(=Cc2ccc3ncccc3c2)SC1=S. The van der Waals surface area contributed by atoms with Gasteiger partial charge in [0.1, 0.15) is 10.4 Å². The van der Waals surface area contributed by atoms with Crippen LogP contribution in [0.4, 0.5) is 0 Å². The molecule has 1 atom stereocenters. The van der Waals surface area contributed by atoms with Gasteiger partial charge in [-0.15, -0.1) is 0 Å². The lowest BCUT2D eigenvalue weighted by molar-refractivity contribution is -0.145. The van der Waals surface area contributed by atoms with Crippen LogP contribution in [0.15, 0.2) is 71.8 Å². The molecule has 4 rings (SSSR count). The summed E-state index contributed by atoms with van der Waals surface area (Å²) in [6.45, 7) is 0. The molecule has 0 saturated carbocycles. The lowest BCUT2D eigenvalue weighted by atomic mass is 10.0. The van der Waals surface area contributed by atoms with E-state index in [4.69, 9.17) is 12.2 Å². The van der Waals surface area contributed by atoms with Gasteiger partial charge in [-0.3, -0.25) is 14.7 Å². The number of carbonyl (C=O) groups is 2. The number of pyridine rings is 1. The molecule has 3 aromatic rings. The molecule has 1 amide bonds. The number of hydrogen-bond donors (Lipinski definition) is 1. The summed E-state index contributed by atoms with van der Waals surface area (Å²) in [5, 5.41) is 10.7. The van der Waals surface area contributed by atoms with Gasteiger partial charge in [0, 0.05) is 18.0 Å². The van der Waals surface area contributed by atoms with Crippen LogP contribution in [0.2, 0.25) is 0 Å². The Labute approximate surface area is 177 Å². The van der Waals surface area contributed by atoms with Crippen molar-refractivity contribution in [1.82, 2.24) is 9.88 Å². The number of hydrogen-bond acceptors (Lipinski definition) is 5. The van der Waals surface area contributed by atoms with Gasteiger partial charge in [-0.1, -0.05) is 66.4 Å². The molecular weight excluding hydrogens is 404 g/mol. The van der Waals surface area contributed by atoms with Crippen LogP contribution in [0.3, 0.4) is 0 Å². The monoisotopic (exact) mass is 420 g/mol. The standard InChI is InChI=1S/C22H16N2O3S2/c25-20-19(13-15-8-9-17-16(11-15)7-4-10-23-17)29-22(28)24(20)18(21(26)27)12-14-5-2-1-3-6-14/h1-11,13,18H,12H2,(H,26,27). The third-order valence-corrected chi connectivity index (χ3v) is 5.95. The van der Waals surface area contributed by atoms with Gasteiger partial charge in [0.15, 0.2) is 0 Å². The molecule has 2 heterocycles. The van der Waals surface area contributed by atoms with E-state index in [-0.39, 0.29) is 16.6 Å². The molecule has 1 aliphatic rings. The molecule has 5 nitrogen and oxygen atoms in total. The lowest BCUT2D eigenvalue weighted by Gasteiger charge is -2.23. The molecule has 144 valence electrons. The third-order valence-electron chi connectivity index (χ3n) is 4.62. The van der Waals surface area contributed by atoms with Crippen molar-refractivity contribution in [2.45, 2.75) is 12.5 Å². The van der Waals surface area contributed by atoms with Crippen molar-refractivity contribution in [2.24, 2.45) is 0 Å². The van der Waals surface area contributed by atoms with E-state index in [0.29, 0.717) is 4.91 Å². The summed E-state index contributed by atoms with van der Waals surface area (Å²) >= 11 is 6.48. The Hall–Kier alpha value is -3.03. The van der Waals surface area contributed by atoms with Crippen molar-refractivity contribution in [1.29, 1.82) is 0 Å². The van der Waals surface area contributed by atoms with Gasteiger partial charge < -0.3 is 5.11 Å². The highest BCUT2D eigenvalue weighted by molar-refractivity contribution is 8.26. The minimum atomic E-state index is -1.08. The van der Waals surface area contributed by atoms with Gasteiger partial charge in [0.25, 0.3) is 5.91 Å². The van der Waals surface area contributed by atoms with Crippen LogP contribution in [-0.2, 0) is 16.0 Å². The van der Waals surface area contributed by atoms with Gasteiger partial charge in [-0.2, -0.15) is 0 Å². The van der Waals surface area contributed by atoms with Crippen molar-refractivity contribution >= 4 is 57.2 Å². The van der Waals surface area contributed by atoms with E-state index >= 15 is 0 Å². The van der Waals surface area contributed by atoms with Crippen molar-refractivity contribution < 1.29 is 14.7 Å². The predicted octanol–water partition coefficient (Wildman–Crippen LogP) is 4.13. The molecule has 1 aromatic heterocycles. The van der Waals surface area contributed by atoms with Crippen LogP contribution in [-0.4, -0.2) is 37.2 Å². The minimum absolute atomic E-state index is 0.192. The molecule has 1 fully saturated rings. The van der Waals surface area contributed by atoms with E-state index in [2.05, 4.69) is 4.98 Å². The van der Waals surface area contributed by atoms with E-state index < -0.39 is 12.0 Å². The molecule has 0 spiro atoms. The van der Waals surface area contributed by atoms with E-state index in [1.165, 1.54) is 4.90 Å². The first-order valence-electron chi connectivity index (χ1n) is 8.91. The van der Waals surface area contributed by atoms with Gasteiger partial charge >= 0.3 is 5.97 Å². The second kappa shape index (κ2) is 8.14. The average molecular weight is 421 g/mol. The highest BCUT2D eigenvalue weighted by Gasteiger charge is 2.40. The van der Waals surface area contributed by atoms with Crippen molar-refractivity contribution in [3.05, 3.63) is 82.9 Å². The third kappa shape index (κ3) is 4.06. The summed E-state index contributed by atoms with van der Waals surface area (Å²) in [4.78, 5) is 30.8. The number of aromatic nitrogens is 1. The molecule has 2 aromatic carbocycles. The quantitative estimate of drug-likeness (QED) is 0.494. The second-order valence-corrected chi connectivity index (χ2v) is 8.23. The van der Waals surface area contributed by atoms with Crippen molar-refractivity contribution in [3.8, 4) is 0 Å². The summed E-state index contributed by atoms with van der Waals surface area (Å²) in [5.41, 5.74) is 2.53. The van der Waals surface area contributed by atoms with Gasteiger partial charge in [0.2, 0.25) is 0 Å². The van der Waals surface area contributed by atoms with Gasteiger partial charge in [0.05, 0.1) is 10.4 Å². The summed E-state index contributed by atoms with van der Waals surface area (Å²) in [7, 11) is 0. The molecule has 29 heavy (non-hydrogen) atoms. The Morgan fingerprint density at radius 1 is 1.17 bits per heavy atom. The maximum Gasteiger partial charge on any atom is 0.327 e. The van der Waals surface area contributed by atoms with E-state index in [0.717, 1.165) is 33.8 Å². The highest BCUT2D eigenvalue weighted by atomic mass is 32.2. The van der Waals surface area contributed by atoms with Crippen LogP contribution >= 0.6 is 24.0 Å². The zero-order chi connectivity index (χ0) is 20.4. The van der Waals surface area contributed by atoms with E-state index in [1.54, 1.807) is 12.3 Å². The Kier molecular flexibility index (Phi) is 5.42. The Morgan fingerprint density at radius 2 is 1.97 bits per heavy atom. The summed E-state index contributed by atoms with van der Waals surface area (Å²) in [6, 6.07) is 17.7. The molecule has 0 bridgehead atoms. The van der Waals surface area contributed by atoms with Gasteiger partial charge in [-0.25, -0.2) is 4.79 Å². The Morgan fingerprint density at radius 3 is 2.72 bits per heavy atom. The molecule has 1 saturated heterocycles. The van der Waals surface area contributed by atoms with E-state index in [9.17, 15) is 14.7 Å². The Bertz CT molecular complexity index is 1150. The number of carboxylic acid groups (broad SMARTS) is 1. The fourth-order valence-corrected chi connectivity index (χ4v) is 4.57. The highest BCUT2D eigenvalue weighted by Crippen LogP contribution is 2.35. The number of amides is 1. The number of thioether (sulfide) groups is 1. The summed E-state index contributed by atoms with van der Waals surface area (Å²) in [6.07, 6.45) is 3.66. The number of benzene rings is 2. The number of fused-ring (bicyclic) bond motifs is 1. The first-order valence-corrected chi connectivity index (χ1v) is 10.1. The first-order chi connectivity index (χ1) is 14.0. The molecule has 7 heteroatoms. The molecule has 1 N–H and O–H groups in total. The number of nitrogens with zero attached hydrogens (tertiary/aromatic N) is 2. The maximum atomic E-state index is 13.0. The lowest BCUT2D eigenvalue weighted by Crippen LogP contribution is -2.45. The minimum Gasteiger partial charge on any atom is -0.480 e. The molecular formula is C22H16N2O3S2. The predicted molar refractivity (Wildman–Crippen MR) is 118 cm³/mol. The Balaban J connectivity index is 1.62. The smallest absolute Gasteiger partial charge is 0.327 e. The van der Waals surface area contributed by atoms with Crippen LogP contribution in [0.25, 0.3) is 17.0 Å². The topological polar surface area (TPSA) is 70.5 Å². The fraction of sp³-hybridized carbons (Fsp3) is 0.0909. The first kappa shape index (κ1) is 19.3. The number of carboxylic acids is 1. The summed E-state index contributed by atoms with van der Waals surface area (Å²) in [5.74, 6) is -1.46. The number of rotatable bonds is 5. The zero-order valence-corrected chi connectivity index (χ0v) is 16.8. The van der Waals surface area contributed by atoms with Crippen LogP contribution < -0.4 is 0 Å². The normalized spacial score (nSPS) is 16.6. The van der Waals surface area contributed by atoms with Crippen molar-refractivity contribution in [2.75, 3.05) is 0 Å². The fourth-order valence-electron chi connectivity index (χ4n) is 3.21. The molecule has 1 unspecified atom stereocenters. The second-order valence-electron chi connectivity index (χ2n) is 6.55. The van der Waals surface area contributed by atoms with Crippen LogP contribution in [0.5, 0.6) is 0 Å². The molecule has 0 aliphatic carbocycles. The number of aliphatic carboxylic acids is 1. The average Bonchev–Trinajstić information content (AvgIpc) is 2.99. The largest absolute Gasteiger partial charge is 0.480 e. The molecule has 0 radical (unpaired) electrons. The van der Waals surface area contributed by atoms with Gasteiger partial charge in [-0.05, 0) is 35.4 Å². The zero-order valence-electron chi connectivity index (χ0n) is 15.2. The van der Waals surface area contributed by atoms with Crippen molar-refractivity contribution in [3.63, 3.8) is 0 Å². The van der Waals surface area contributed by atoms with E-state index in [1.807, 2.05) is 60.7 Å². The maximum absolute atomic E-state index is 13.0. The number of carbonyl (C=O) groups excluding carboxylic acids is 1. The van der Waals surface area contributed by atoms with Crippen LogP contribution in [0, 0.1) is 0 Å².